The third-order valence-electron chi connectivity index (χ3n) is 3.27. The third kappa shape index (κ3) is 7.58. The Labute approximate surface area is 124 Å². The monoisotopic (exact) mass is 287 g/mol. The van der Waals surface area contributed by atoms with Gasteiger partial charge in [0.25, 0.3) is 0 Å². The lowest BCUT2D eigenvalue weighted by Crippen LogP contribution is -2.14. The van der Waals surface area contributed by atoms with Gasteiger partial charge in [-0.05, 0) is 26.3 Å². The Hall–Kier alpha value is -0.540. The number of aryl methyl sites for hydroxylation is 2. The molecule has 0 spiro atoms. The Morgan fingerprint density at radius 1 is 1.11 bits per heavy atom. The Morgan fingerprint density at radius 2 is 1.84 bits per heavy atom. The van der Waals surface area contributed by atoms with Crippen LogP contribution in [0.1, 0.15) is 63.6 Å². The van der Waals surface area contributed by atoms with Crippen LogP contribution < -0.4 is 5.32 Å². The highest BCUT2D eigenvalue weighted by Gasteiger charge is 2.03. The lowest BCUT2D eigenvalue weighted by Gasteiger charge is -2.03. The quantitative estimate of drug-likeness (QED) is 0.657. The van der Waals surface area contributed by atoms with Crippen LogP contribution in [0.5, 0.6) is 0 Å². The highest BCUT2D eigenvalue weighted by Crippen LogP contribution is 2.06. The molecule has 0 saturated heterocycles. The predicted octanol–water partition coefficient (Wildman–Crippen LogP) is 4.08. The molecule has 0 aliphatic rings. The number of unbranched alkanes of at least 4 members (excludes halogenated alkanes) is 4. The summed E-state index contributed by atoms with van der Waals surface area (Å²) >= 11 is 0. The zero-order valence-electron chi connectivity index (χ0n) is 12.7. The van der Waals surface area contributed by atoms with Gasteiger partial charge < -0.3 is 5.32 Å². The molecule has 0 fully saturated rings. The summed E-state index contributed by atoms with van der Waals surface area (Å²) in [5.74, 6) is 0. The molecular formula is C15H30ClN3. The Bertz CT molecular complexity index is 323. The second kappa shape index (κ2) is 11.3. The first-order chi connectivity index (χ1) is 8.77. The van der Waals surface area contributed by atoms with Crippen molar-refractivity contribution in [2.24, 2.45) is 0 Å². The summed E-state index contributed by atoms with van der Waals surface area (Å²) in [6, 6.07) is 0. The van der Waals surface area contributed by atoms with Crippen molar-refractivity contribution < 1.29 is 0 Å². The highest BCUT2D eigenvalue weighted by atomic mass is 35.5. The molecule has 0 aliphatic heterocycles. The van der Waals surface area contributed by atoms with E-state index in [1.165, 1.54) is 43.4 Å². The van der Waals surface area contributed by atoms with Crippen molar-refractivity contribution in [2.75, 3.05) is 6.54 Å². The molecule has 19 heavy (non-hydrogen) atoms. The van der Waals surface area contributed by atoms with E-state index >= 15 is 0 Å². The zero-order valence-corrected chi connectivity index (χ0v) is 13.6. The number of nitrogens with one attached hydrogen (secondary N) is 1. The molecule has 0 saturated carbocycles. The van der Waals surface area contributed by atoms with Crippen LogP contribution in [0.3, 0.4) is 0 Å². The Balaban J connectivity index is 0.00000324. The fraction of sp³-hybridized carbons (Fsp3) is 0.800. The first-order valence-electron chi connectivity index (χ1n) is 7.51. The van der Waals surface area contributed by atoms with Crippen molar-refractivity contribution in [3.8, 4) is 0 Å². The van der Waals surface area contributed by atoms with Crippen molar-refractivity contribution in [1.29, 1.82) is 0 Å². The molecule has 1 aromatic rings. The minimum absolute atomic E-state index is 0. The molecule has 1 aromatic heterocycles. The third-order valence-corrected chi connectivity index (χ3v) is 3.27. The summed E-state index contributed by atoms with van der Waals surface area (Å²) in [5.41, 5.74) is 2.51. The van der Waals surface area contributed by atoms with Crippen molar-refractivity contribution in [2.45, 2.75) is 72.4 Å². The second-order valence-corrected chi connectivity index (χ2v) is 5.09. The van der Waals surface area contributed by atoms with Crippen LogP contribution in [-0.4, -0.2) is 16.3 Å². The van der Waals surface area contributed by atoms with E-state index in [0.29, 0.717) is 0 Å². The van der Waals surface area contributed by atoms with Crippen molar-refractivity contribution in [3.05, 3.63) is 17.5 Å². The van der Waals surface area contributed by atoms with E-state index in [1.54, 1.807) is 0 Å². The van der Waals surface area contributed by atoms with Gasteiger partial charge in [0.05, 0.1) is 5.69 Å². The van der Waals surface area contributed by atoms with Gasteiger partial charge in [0.15, 0.2) is 0 Å². The first kappa shape index (κ1) is 18.5. The first-order valence-corrected chi connectivity index (χ1v) is 7.51. The maximum Gasteiger partial charge on any atom is 0.0638 e. The predicted molar refractivity (Wildman–Crippen MR) is 85.0 cm³/mol. The van der Waals surface area contributed by atoms with Gasteiger partial charge in [0, 0.05) is 24.8 Å². The topological polar surface area (TPSA) is 29.9 Å². The average Bonchev–Trinajstić information content (AvgIpc) is 2.69. The molecule has 3 nitrogen and oxygen atoms in total. The maximum atomic E-state index is 4.52. The van der Waals surface area contributed by atoms with Crippen molar-refractivity contribution >= 4 is 12.4 Å². The van der Waals surface area contributed by atoms with Crippen molar-refractivity contribution in [1.82, 2.24) is 15.1 Å². The number of halogens is 1. The molecule has 1 rings (SSSR count). The summed E-state index contributed by atoms with van der Waals surface area (Å²) in [6.45, 7) is 9.66. The van der Waals surface area contributed by atoms with E-state index in [9.17, 15) is 0 Å². The molecule has 112 valence electrons. The molecule has 0 bridgehead atoms. The molecule has 1 heterocycles. The van der Waals surface area contributed by atoms with Gasteiger partial charge in [0.1, 0.15) is 0 Å². The summed E-state index contributed by atoms with van der Waals surface area (Å²) in [6.07, 6.45) is 10.1. The zero-order chi connectivity index (χ0) is 13.2. The van der Waals surface area contributed by atoms with Crippen LogP contribution in [0.4, 0.5) is 0 Å². The molecule has 0 radical (unpaired) electrons. The average molecular weight is 288 g/mol. The highest BCUT2D eigenvalue weighted by molar-refractivity contribution is 5.85. The number of hydrogen-bond donors (Lipinski definition) is 1. The minimum Gasteiger partial charge on any atom is -0.313 e. The summed E-state index contributed by atoms with van der Waals surface area (Å²) in [4.78, 5) is 0. The van der Waals surface area contributed by atoms with E-state index in [-0.39, 0.29) is 12.4 Å². The fourth-order valence-electron chi connectivity index (χ4n) is 2.15. The minimum atomic E-state index is 0. The number of rotatable bonds is 10. The van der Waals surface area contributed by atoms with Gasteiger partial charge in [-0.2, -0.15) is 5.10 Å². The molecular weight excluding hydrogens is 258 g/mol. The molecule has 0 aromatic carbocycles. The molecule has 0 atom stereocenters. The standard InChI is InChI=1S/C15H29N3.ClH/c1-4-6-7-8-9-10-16-12-15-13-18(11-5-2)17-14(15)3;/h13,16H,4-12H2,1-3H3;1H. The Morgan fingerprint density at radius 3 is 2.53 bits per heavy atom. The number of hydrogen-bond acceptors (Lipinski definition) is 2. The fourth-order valence-corrected chi connectivity index (χ4v) is 2.15. The van der Waals surface area contributed by atoms with Gasteiger partial charge in [-0.1, -0.05) is 39.5 Å². The SMILES string of the molecule is CCCCCCCNCc1cn(CCC)nc1C.Cl. The number of nitrogens with zero attached hydrogens (tertiary/aromatic N) is 2. The van der Waals surface area contributed by atoms with Gasteiger partial charge >= 0.3 is 0 Å². The molecule has 0 amide bonds. The van der Waals surface area contributed by atoms with Crippen LogP contribution in [-0.2, 0) is 13.1 Å². The van der Waals surface area contributed by atoms with Gasteiger partial charge in [0.2, 0.25) is 0 Å². The van der Waals surface area contributed by atoms with E-state index in [2.05, 4.69) is 42.1 Å². The van der Waals surface area contributed by atoms with Gasteiger partial charge in [-0.15, -0.1) is 12.4 Å². The molecule has 0 aliphatic carbocycles. The largest absolute Gasteiger partial charge is 0.313 e. The van der Waals surface area contributed by atoms with Crippen LogP contribution in [0.2, 0.25) is 0 Å². The Kier molecular flexibility index (Phi) is 11.0. The van der Waals surface area contributed by atoms with Crippen LogP contribution in [0.25, 0.3) is 0 Å². The lowest BCUT2D eigenvalue weighted by molar-refractivity contribution is 0.581. The van der Waals surface area contributed by atoms with Gasteiger partial charge in [-0.25, -0.2) is 0 Å². The normalized spacial score (nSPS) is 10.5. The summed E-state index contributed by atoms with van der Waals surface area (Å²) in [7, 11) is 0. The maximum absolute atomic E-state index is 4.52. The molecule has 1 N–H and O–H groups in total. The van der Waals surface area contributed by atoms with E-state index in [0.717, 1.165) is 26.1 Å². The van der Waals surface area contributed by atoms with E-state index < -0.39 is 0 Å². The number of aromatic nitrogens is 2. The van der Waals surface area contributed by atoms with E-state index in [1.807, 2.05) is 0 Å². The lowest BCUT2D eigenvalue weighted by atomic mass is 10.1. The van der Waals surface area contributed by atoms with E-state index in [4.69, 9.17) is 0 Å². The van der Waals surface area contributed by atoms with Crippen molar-refractivity contribution in [3.63, 3.8) is 0 Å². The summed E-state index contributed by atoms with van der Waals surface area (Å²) < 4.78 is 2.06. The van der Waals surface area contributed by atoms with Crippen LogP contribution >= 0.6 is 12.4 Å². The van der Waals surface area contributed by atoms with Crippen LogP contribution in [0, 0.1) is 6.92 Å². The molecule has 0 unspecified atom stereocenters. The summed E-state index contributed by atoms with van der Waals surface area (Å²) in [5, 5.41) is 8.04. The molecule has 4 heteroatoms. The smallest absolute Gasteiger partial charge is 0.0638 e. The van der Waals surface area contributed by atoms with Crippen LogP contribution in [0.15, 0.2) is 6.20 Å². The second-order valence-electron chi connectivity index (χ2n) is 5.09. The van der Waals surface area contributed by atoms with Gasteiger partial charge in [-0.3, -0.25) is 4.68 Å².